The van der Waals surface area contributed by atoms with Crippen molar-refractivity contribution in [2.45, 2.75) is 58.4 Å². The fourth-order valence-electron chi connectivity index (χ4n) is 3.88. The van der Waals surface area contributed by atoms with Crippen LogP contribution in [0.2, 0.25) is 0 Å². The number of halogens is 1. The van der Waals surface area contributed by atoms with E-state index >= 15 is 0 Å². The van der Waals surface area contributed by atoms with Crippen molar-refractivity contribution in [1.29, 1.82) is 0 Å². The molecule has 1 N–H and O–H groups in total. The highest BCUT2D eigenvalue weighted by Gasteiger charge is 2.26. The second kappa shape index (κ2) is 10.7. The fraction of sp³-hybridized carbons (Fsp3) is 0.652. The Kier molecular flexibility index (Phi) is 8.20. The molecule has 0 unspecified atom stereocenters. The molecule has 1 aromatic carbocycles. The van der Waals surface area contributed by atoms with Crippen molar-refractivity contribution in [1.82, 2.24) is 14.3 Å². The highest BCUT2D eigenvalue weighted by Crippen LogP contribution is 2.33. The largest absolute Gasteiger partial charge is 0.490 e. The van der Waals surface area contributed by atoms with Gasteiger partial charge in [0.1, 0.15) is 0 Å². The van der Waals surface area contributed by atoms with Crippen LogP contribution < -0.4 is 16.1 Å². The second-order valence-corrected chi connectivity index (χ2v) is 11.6. The highest BCUT2D eigenvalue weighted by molar-refractivity contribution is 7.91. The maximum absolute atomic E-state index is 14.2. The lowest BCUT2D eigenvalue weighted by Gasteiger charge is -2.22. The Morgan fingerprint density at radius 3 is 2.48 bits per heavy atom. The molecule has 1 atom stereocenters. The van der Waals surface area contributed by atoms with Crippen LogP contribution in [0, 0.1) is 17.7 Å². The first-order valence-corrected chi connectivity index (χ1v) is 13.4. The van der Waals surface area contributed by atoms with E-state index in [9.17, 15) is 22.4 Å². The first-order chi connectivity index (χ1) is 15.6. The van der Waals surface area contributed by atoms with Crippen LogP contribution in [0.5, 0.6) is 5.75 Å². The number of hydrogen-bond acceptors (Lipinski definition) is 5. The van der Waals surface area contributed by atoms with Crippen LogP contribution >= 0.6 is 0 Å². The standard InChI is InChI=1S/C23H34FN3O5S/c1-16(2)19(18-9-10-20(24)21(13-18)32-14-17-7-8-17)15-33(30,31)12-6-4-5-11-27-23(29)25-22(28)26(27)3/h9-10,13,16-17,19H,4-8,11-12,14-15H2,1-3H3,(H,25,28,29)/t19-/m1/s1. The van der Waals surface area contributed by atoms with Crippen molar-refractivity contribution in [2.24, 2.45) is 18.9 Å². The zero-order valence-electron chi connectivity index (χ0n) is 19.5. The van der Waals surface area contributed by atoms with Crippen molar-refractivity contribution < 1.29 is 17.5 Å². The number of nitrogens with zero attached hydrogens (tertiary/aromatic N) is 2. The van der Waals surface area contributed by atoms with Crippen LogP contribution in [0.4, 0.5) is 4.39 Å². The molecule has 0 radical (unpaired) electrons. The van der Waals surface area contributed by atoms with Crippen LogP contribution in [0.1, 0.15) is 57.4 Å². The molecule has 1 aliphatic rings. The minimum Gasteiger partial charge on any atom is -0.490 e. The minimum absolute atomic E-state index is 0.00979. The molecular formula is C23H34FN3O5S. The lowest BCUT2D eigenvalue weighted by Crippen LogP contribution is -2.24. The summed E-state index contributed by atoms with van der Waals surface area (Å²) in [4.78, 5) is 25.3. The molecule has 0 amide bonds. The Balaban J connectivity index is 1.55. The van der Waals surface area contributed by atoms with Crippen LogP contribution in [0.3, 0.4) is 0 Å². The average molecular weight is 484 g/mol. The summed E-state index contributed by atoms with van der Waals surface area (Å²) in [5.41, 5.74) is -0.160. The summed E-state index contributed by atoms with van der Waals surface area (Å²) in [6, 6.07) is 4.66. The van der Waals surface area contributed by atoms with Gasteiger partial charge < -0.3 is 4.74 Å². The number of aromatic nitrogens is 3. The average Bonchev–Trinajstić information content (AvgIpc) is 3.54. The number of nitrogens with one attached hydrogen (secondary N) is 1. The Morgan fingerprint density at radius 1 is 1.15 bits per heavy atom. The summed E-state index contributed by atoms with van der Waals surface area (Å²) in [5.74, 6) is 0.0962. The number of hydrogen-bond donors (Lipinski definition) is 1. The molecule has 10 heteroatoms. The topological polar surface area (TPSA) is 103 Å². The van der Waals surface area contributed by atoms with Gasteiger partial charge in [-0.15, -0.1) is 0 Å². The van der Waals surface area contributed by atoms with Crippen molar-refractivity contribution >= 4 is 9.84 Å². The smallest absolute Gasteiger partial charge is 0.344 e. The Bertz CT molecular complexity index is 1160. The maximum Gasteiger partial charge on any atom is 0.344 e. The van der Waals surface area contributed by atoms with E-state index in [1.807, 2.05) is 13.8 Å². The zero-order chi connectivity index (χ0) is 24.2. The highest BCUT2D eigenvalue weighted by atomic mass is 32.2. The van der Waals surface area contributed by atoms with E-state index < -0.39 is 27.0 Å². The third-order valence-corrected chi connectivity index (χ3v) is 8.00. The van der Waals surface area contributed by atoms with Crippen LogP contribution in [0.25, 0.3) is 0 Å². The first kappa shape index (κ1) is 25.3. The van der Waals surface area contributed by atoms with Gasteiger partial charge in [0, 0.05) is 19.5 Å². The number of benzene rings is 1. The third-order valence-electron chi connectivity index (χ3n) is 6.22. The van der Waals surface area contributed by atoms with Gasteiger partial charge in [-0.1, -0.05) is 26.3 Å². The number of sulfone groups is 1. The fourth-order valence-corrected chi connectivity index (χ4v) is 5.81. The summed E-state index contributed by atoms with van der Waals surface area (Å²) >= 11 is 0. The molecule has 1 heterocycles. The number of aromatic amines is 1. The Hall–Kier alpha value is -2.36. The molecule has 8 nitrogen and oxygen atoms in total. The van der Waals surface area contributed by atoms with Crippen LogP contribution in [-0.2, 0) is 23.4 Å². The van der Waals surface area contributed by atoms with Gasteiger partial charge >= 0.3 is 11.4 Å². The van der Waals surface area contributed by atoms with Gasteiger partial charge in [0.25, 0.3) is 0 Å². The van der Waals surface area contributed by atoms with E-state index in [4.69, 9.17) is 4.74 Å². The molecule has 0 saturated heterocycles. The molecular weight excluding hydrogens is 449 g/mol. The van der Waals surface area contributed by atoms with Gasteiger partial charge in [0.15, 0.2) is 21.4 Å². The van der Waals surface area contributed by atoms with Crippen molar-refractivity contribution in [3.63, 3.8) is 0 Å². The Labute approximate surface area is 193 Å². The van der Waals surface area contributed by atoms with Crippen molar-refractivity contribution in [3.8, 4) is 5.75 Å². The summed E-state index contributed by atoms with van der Waals surface area (Å²) in [5, 5.41) is 0. The van der Waals surface area contributed by atoms with Crippen molar-refractivity contribution in [2.75, 3.05) is 18.1 Å². The van der Waals surface area contributed by atoms with Crippen molar-refractivity contribution in [3.05, 3.63) is 50.5 Å². The lowest BCUT2D eigenvalue weighted by molar-refractivity contribution is 0.284. The van der Waals surface area contributed by atoms with Gasteiger partial charge in [0.05, 0.1) is 18.1 Å². The molecule has 0 spiro atoms. The predicted molar refractivity (Wildman–Crippen MR) is 125 cm³/mol. The molecule has 1 saturated carbocycles. The summed E-state index contributed by atoms with van der Waals surface area (Å²) < 4.78 is 48.0. The number of rotatable bonds is 13. The van der Waals surface area contributed by atoms with Crippen LogP contribution in [0.15, 0.2) is 27.8 Å². The predicted octanol–water partition coefficient (Wildman–Crippen LogP) is 2.83. The first-order valence-electron chi connectivity index (χ1n) is 11.6. The van der Waals surface area contributed by atoms with Crippen LogP contribution in [-0.4, -0.2) is 40.9 Å². The normalized spacial score (nSPS) is 15.2. The number of ether oxygens (including phenoxy) is 1. The molecule has 2 aromatic rings. The molecule has 0 aliphatic heterocycles. The molecule has 184 valence electrons. The van der Waals surface area contributed by atoms with E-state index in [1.165, 1.54) is 22.5 Å². The quantitative estimate of drug-likeness (QED) is 0.441. The summed E-state index contributed by atoms with van der Waals surface area (Å²) in [6.45, 7) is 4.77. The molecule has 1 aliphatic carbocycles. The van der Waals surface area contributed by atoms with E-state index in [1.54, 1.807) is 12.1 Å². The van der Waals surface area contributed by atoms with E-state index in [0.717, 1.165) is 18.4 Å². The maximum atomic E-state index is 14.2. The second-order valence-electron chi connectivity index (χ2n) is 9.35. The van der Waals surface area contributed by atoms with E-state index in [2.05, 4.69) is 4.98 Å². The molecule has 3 rings (SSSR count). The molecule has 1 fully saturated rings. The molecule has 0 bridgehead atoms. The van der Waals surface area contributed by atoms with E-state index in [-0.39, 0.29) is 29.1 Å². The van der Waals surface area contributed by atoms with Gasteiger partial charge in [-0.3, -0.25) is 4.98 Å². The lowest BCUT2D eigenvalue weighted by atomic mass is 9.90. The summed E-state index contributed by atoms with van der Waals surface area (Å²) in [7, 11) is -1.83. The summed E-state index contributed by atoms with van der Waals surface area (Å²) in [6.07, 6.45) is 3.89. The number of H-pyrrole nitrogens is 1. The minimum atomic E-state index is -3.33. The van der Waals surface area contributed by atoms with Gasteiger partial charge in [-0.25, -0.2) is 31.8 Å². The Morgan fingerprint density at radius 2 is 1.88 bits per heavy atom. The molecule has 33 heavy (non-hydrogen) atoms. The van der Waals surface area contributed by atoms with Gasteiger partial charge in [-0.2, -0.15) is 0 Å². The molecule has 1 aromatic heterocycles. The SMILES string of the molecule is CC(C)[C@@H](CS(=O)(=O)CCCCCn1c(=O)[nH]c(=O)n1C)c1ccc(F)c(OCC2CC2)c1. The zero-order valence-corrected chi connectivity index (χ0v) is 20.4. The van der Waals surface area contributed by atoms with E-state index in [0.29, 0.717) is 38.3 Å². The monoisotopic (exact) mass is 483 g/mol. The third kappa shape index (κ3) is 7.06. The van der Waals surface area contributed by atoms with Gasteiger partial charge in [-0.05, 0) is 55.2 Å². The van der Waals surface area contributed by atoms with Gasteiger partial charge in [0.2, 0.25) is 0 Å². The number of unbranched alkanes of at least 4 members (excludes halogenated alkanes) is 2.